The molecule has 1 saturated heterocycles. The molecule has 1 amide bonds. The molecule has 7 aromatic rings. The molecule has 2 aromatic heterocycles. The van der Waals surface area contributed by atoms with Gasteiger partial charge in [-0.25, -0.2) is 19.7 Å². The van der Waals surface area contributed by atoms with E-state index in [1.165, 1.54) is 36.9 Å². The van der Waals surface area contributed by atoms with Crippen molar-refractivity contribution < 1.29 is 52.9 Å². The summed E-state index contributed by atoms with van der Waals surface area (Å²) in [4.78, 5) is 47.5. The fraction of sp³-hybridized carbons (Fsp3) is 0.280. The first kappa shape index (κ1) is 48.6. The third-order valence-electron chi connectivity index (χ3n) is 11.8. The van der Waals surface area contributed by atoms with Gasteiger partial charge < -0.3 is 38.3 Å². The Balaban J connectivity index is 1.06. The van der Waals surface area contributed by atoms with E-state index in [1.807, 2.05) is 78.9 Å². The van der Waals surface area contributed by atoms with Crippen molar-refractivity contribution in [2.75, 3.05) is 39.4 Å². The van der Waals surface area contributed by atoms with Crippen LogP contribution >= 0.6 is 0 Å². The van der Waals surface area contributed by atoms with E-state index in [1.54, 1.807) is 50.0 Å². The molecule has 1 aliphatic heterocycles. The average molecular weight is 956 g/mol. The highest BCUT2D eigenvalue weighted by atomic mass is 16.7. The number of carbonyl (C=O) groups is 1. The maximum absolute atomic E-state index is 13.0. The van der Waals surface area contributed by atoms with E-state index < -0.39 is 52.4 Å². The summed E-state index contributed by atoms with van der Waals surface area (Å²) in [6.45, 7) is 1.67. The number of nitrogens with zero attached hydrogens (tertiary/aromatic N) is 6. The average Bonchev–Trinajstić information content (AvgIpc) is 3.95. The number of methoxy groups -OCH3 is 2. The molecule has 1 fully saturated rings. The number of benzene rings is 5. The molecule has 362 valence electrons. The molecule has 0 bridgehead atoms. The van der Waals surface area contributed by atoms with Crippen molar-refractivity contribution in [3.05, 3.63) is 188 Å². The van der Waals surface area contributed by atoms with Crippen LogP contribution in [0.1, 0.15) is 41.0 Å². The summed E-state index contributed by atoms with van der Waals surface area (Å²) in [7, 11) is 3.18. The monoisotopic (exact) mass is 955 g/mol. The summed E-state index contributed by atoms with van der Waals surface area (Å²) < 4.78 is 44.4. The van der Waals surface area contributed by atoms with Crippen molar-refractivity contribution in [2.24, 2.45) is 0 Å². The van der Waals surface area contributed by atoms with Crippen LogP contribution in [0.4, 0.5) is 22.0 Å². The number of nitro benzene ring substituents is 2. The Bertz CT molecular complexity index is 2820. The molecule has 70 heavy (non-hydrogen) atoms. The molecule has 3 heterocycles. The van der Waals surface area contributed by atoms with E-state index in [0.29, 0.717) is 24.3 Å². The van der Waals surface area contributed by atoms with Gasteiger partial charge in [0.25, 0.3) is 11.4 Å². The van der Waals surface area contributed by atoms with Crippen LogP contribution in [0.25, 0.3) is 11.2 Å². The molecule has 1 aliphatic rings. The molecule has 1 unspecified atom stereocenters. The molecule has 5 aromatic carbocycles. The lowest BCUT2D eigenvalue weighted by Crippen LogP contribution is -2.41. The van der Waals surface area contributed by atoms with Crippen molar-refractivity contribution in [1.29, 1.82) is 0 Å². The summed E-state index contributed by atoms with van der Waals surface area (Å²) in [5, 5.41) is 37.1. The number of non-ortho nitro benzene ring substituents is 2. The number of anilines is 1. The molecular formula is C50H49N7O13. The van der Waals surface area contributed by atoms with Gasteiger partial charge in [-0.2, -0.15) is 0 Å². The molecular weight excluding hydrogens is 907 g/mol. The van der Waals surface area contributed by atoms with Crippen molar-refractivity contribution in [2.45, 2.75) is 56.2 Å². The van der Waals surface area contributed by atoms with E-state index in [9.17, 15) is 30.1 Å². The Morgan fingerprint density at radius 3 is 1.89 bits per heavy atom. The number of nitrogens with one attached hydrogen (secondary N) is 1. The van der Waals surface area contributed by atoms with Gasteiger partial charge >= 0.3 is 6.09 Å². The zero-order valence-corrected chi connectivity index (χ0v) is 38.2. The minimum absolute atomic E-state index is 0.0212. The Morgan fingerprint density at radius 2 is 1.33 bits per heavy atom. The zero-order valence-electron chi connectivity index (χ0n) is 38.2. The van der Waals surface area contributed by atoms with E-state index in [0.717, 1.165) is 27.8 Å². The molecule has 8 rings (SSSR count). The lowest BCUT2D eigenvalue weighted by Gasteiger charge is -2.37. The molecule has 5 atom stereocenters. The number of aliphatic hydroxyl groups excluding tert-OH is 1. The largest absolute Gasteiger partial charge is 0.497 e. The topological polar surface area (TPSA) is 244 Å². The summed E-state index contributed by atoms with van der Waals surface area (Å²) in [5.74, 6) is 1.33. The van der Waals surface area contributed by atoms with Gasteiger partial charge in [-0.15, -0.1) is 0 Å². The van der Waals surface area contributed by atoms with E-state index in [2.05, 4.69) is 20.3 Å². The van der Waals surface area contributed by atoms with Gasteiger partial charge in [0.15, 0.2) is 29.5 Å². The summed E-state index contributed by atoms with van der Waals surface area (Å²) >= 11 is 0. The second-order valence-corrected chi connectivity index (χ2v) is 16.1. The SMILES string of the molecule is COc1ccc(C(OC[C@H]2O[C@@H](n3cnc4c(NC(=O)OCCc5ccc([N+](=O)[O-])cc5)ncnc43)[C@H](OC(C)OCCc3ccc([N+](=O)[O-])cc3)[C@@H]2O)(c2ccccc2)c2ccc(OC)cc2)cc1. The molecule has 0 saturated carbocycles. The van der Waals surface area contributed by atoms with E-state index >= 15 is 0 Å². The first-order valence-corrected chi connectivity index (χ1v) is 22.1. The van der Waals surface area contributed by atoms with Crippen LogP contribution < -0.4 is 14.8 Å². The van der Waals surface area contributed by atoms with Crippen LogP contribution in [0.15, 0.2) is 140 Å². The van der Waals surface area contributed by atoms with Crippen LogP contribution in [0.2, 0.25) is 0 Å². The van der Waals surface area contributed by atoms with Gasteiger partial charge in [0, 0.05) is 30.7 Å². The quantitative estimate of drug-likeness (QED) is 0.0303. The van der Waals surface area contributed by atoms with Gasteiger partial charge in [-0.05, 0) is 65.4 Å². The lowest BCUT2D eigenvalue weighted by molar-refractivity contribution is -0.385. The van der Waals surface area contributed by atoms with Crippen molar-refractivity contribution >= 4 is 34.4 Å². The van der Waals surface area contributed by atoms with Gasteiger partial charge in [-0.3, -0.25) is 30.1 Å². The third kappa shape index (κ3) is 10.9. The highest BCUT2D eigenvalue weighted by Crippen LogP contribution is 2.43. The number of rotatable bonds is 21. The highest BCUT2D eigenvalue weighted by Gasteiger charge is 2.49. The number of fused-ring (bicyclic) bond motifs is 1. The summed E-state index contributed by atoms with van der Waals surface area (Å²) in [6, 6.07) is 36.9. The summed E-state index contributed by atoms with van der Waals surface area (Å²) in [5.41, 5.74) is 2.95. The molecule has 20 nitrogen and oxygen atoms in total. The van der Waals surface area contributed by atoms with Crippen LogP contribution in [0, 0.1) is 20.2 Å². The molecule has 0 radical (unpaired) electrons. The normalized spacial score (nSPS) is 17.2. The highest BCUT2D eigenvalue weighted by molar-refractivity contribution is 5.93. The number of carbonyl (C=O) groups excluding carboxylic acids is 1. The first-order chi connectivity index (χ1) is 34.0. The Hall–Kier alpha value is -7.88. The van der Waals surface area contributed by atoms with Crippen molar-refractivity contribution in [3.63, 3.8) is 0 Å². The number of ether oxygens (including phenoxy) is 7. The first-order valence-electron chi connectivity index (χ1n) is 22.1. The van der Waals surface area contributed by atoms with Crippen molar-refractivity contribution in [1.82, 2.24) is 19.5 Å². The standard InChI is InChI=1S/C50H49N7O13/c1-32(66-27-25-33-9-17-38(18-10-33)56(60)61)69-45-44(58)42(29-68-50(35-7-5-4-6-8-35,36-13-21-40(64-2)22-14-36)37-15-23-41(65-3)24-16-37)70-48(45)55-31-53-43-46(51-30-52-47(43)55)54-49(59)67-28-26-34-11-19-39(20-12-34)57(62)63/h4-24,30-32,42,44-45,48,58H,25-29H2,1-3H3,(H,51,52,54,59)/t32?,42-,44-,45-,48-/m1/s1. The molecule has 0 aliphatic carbocycles. The van der Waals surface area contributed by atoms with Crippen molar-refractivity contribution in [3.8, 4) is 11.5 Å². The lowest BCUT2D eigenvalue weighted by atomic mass is 9.80. The minimum atomic E-state index is -1.33. The predicted molar refractivity (Wildman–Crippen MR) is 252 cm³/mol. The Morgan fingerprint density at radius 1 is 0.771 bits per heavy atom. The maximum Gasteiger partial charge on any atom is 0.412 e. The second-order valence-electron chi connectivity index (χ2n) is 16.1. The minimum Gasteiger partial charge on any atom is -0.497 e. The fourth-order valence-electron chi connectivity index (χ4n) is 8.20. The number of nitro groups is 2. The fourth-order valence-corrected chi connectivity index (χ4v) is 8.20. The third-order valence-corrected chi connectivity index (χ3v) is 11.8. The number of hydrogen-bond acceptors (Lipinski definition) is 16. The number of aliphatic hydroxyl groups is 1. The Kier molecular flexibility index (Phi) is 15.3. The van der Waals surface area contributed by atoms with Gasteiger partial charge in [0.05, 0.1) is 50.2 Å². The maximum atomic E-state index is 13.0. The van der Waals surface area contributed by atoms with Gasteiger partial charge in [0.2, 0.25) is 0 Å². The van der Waals surface area contributed by atoms with Crippen LogP contribution in [0.3, 0.4) is 0 Å². The zero-order chi connectivity index (χ0) is 49.2. The number of amides is 1. The van der Waals surface area contributed by atoms with Crippen LogP contribution in [-0.2, 0) is 42.1 Å². The Labute approximate surface area is 401 Å². The number of hydrogen-bond donors (Lipinski definition) is 2. The van der Waals surface area contributed by atoms with Gasteiger partial charge in [0.1, 0.15) is 41.7 Å². The van der Waals surface area contributed by atoms with E-state index in [4.69, 9.17) is 33.2 Å². The van der Waals surface area contributed by atoms with E-state index in [-0.39, 0.29) is 48.2 Å². The summed E-state index contributed by atoms with van der Waals surface area (Å²) in [6.07, 6.45) is -2.86. The van der Waals surface area contributed by atoms with Crippen LogP contribution in [0.5, 0.6) is 11.5 Å². The number of aromatic nitrogens is 4. The van der Waals surface area contributed by atoms with Crippen LogP contribution in [-0.4, -0.2) is 99.2 Å². The molecule has 0 spiro atoms. The predicted octanol–water partition coefficient (Wildman–Crippen LogP) is 7.71. The molecule has 20 heteroatoms. The van der Waals surface area contributed by atoms with Gasteiger partial charge in [-0.1, -0.05) is 78.9 Å². The number of imidazole rings is 1. The second kappa shape index (κ2) is 22.0. The molecule has 2 N–H and O–H groups in total. The smallest absolute Gasteiger partial charge is 0.412 e.